The standard InChI is InChI=1S/C12H15N/c1-3-4-5-10(2)11-6-8-12(13)9-7-11/h3-6,8H,1-2,7,9,13H2/b5-4-. The molecule has 0 aromatic rings. The summed E-state index contributed by atoms with van der Waals surface area (Å²) < 4.78 is 0. The van der Waals surface area contributed by atoms with E-state index in [1.54, 1.807) is 6.08 Å². The van der Waals surface area contributed by atoms with Gasteiger partial charge in [-0.3, -0.25) is 0 Å². The van der Waals surface area contributed by atoms with Gasteiger partial charge in [-0.15, -0.1) is 0 Å². The van der Waals surface area contributed by atoms with Crippen LogP contribution in [-0.2, 0) is 0 Å². The molecule has 0 bridgehead atoms. The Balaban J connectivity index is 2.68. The summed E-state index contributed by atoms with van der Waals surface area (Å²) in [4.78, 5) is 0. The highest BCUT2D eigenvalue weighted by atomic mass is 14.6. The van der Waals surface area contributed by atoms with Crippen molar-refractivity contribution in [2.45, 2.75) is 12.8 Å². The lowest BCUT2D eigenvalue weighted by Gasteiger charge is -2.11. The lowest BCUT2D eigenvalue weighted by molar-refractivity contribution is 0.905. The Hall–Kier alpha value is -1.50. The van der Waals surface area contributed by atoms with Gasteiger partial charge < -0.3 is 5.73 Å². The molecule has 0 radical (unpaired) electrons. The van der Waals surface area contributed by atoms with E-state index in [4.69, 9.17) is 5.73 Å². The van der Waals surface area contributed by atoms with Crippen LogP contribution < -0.4 is 5.73 Å². The van der Waals surface area contributed by atoms with Gasteiger partial charge in [0.15, 0.2) is 0 Å². The van der Waals surface area contributed by atoms with Crippen LogP contribution in [-0.4, -0.2) is 0 Å². The minimum Gasteiger partial charge on any atom is -0.402 e. The van der Waals surface area contributed by atoms with Crippen LogP contribution in [0.2, 0.25) is 0 Å². The van der Waals surface area contributed by atoms with E-state index in [0.717, 1.165) is 24.1 Å². The fourth-order valence-electron chi connectivity index (χ4n) is 1.21. The van der Waals surface area contributed by atoms with Gasteiger partial charge in [0.05, 0.1) is 0 Å². The van der Waals surface area contributed by atoms with Crippen molar-refractivity contribution >= 4 is 0 Å². The highest BCUT2D eigenvalue weighted by molar-refractivity contribution is 5.42. The van der Waals surface area contributed by atoms with E-state index in [2.05, 4.69) is 13.2 Å². The molecule has 13 heavy (non-hydrogen) atoms. The highest BCUT2D eigenvalue weighted by Crippen LogP contribution is 2.21. The van der Waals surface area contributed by atoms with E-state index in [-0.39, 0.29) is 0 Å². The first-order valence-corrected chi connectivity index (χ1v) is 4.37. The summed E-state index contributed by atoms with van der Waals surface area (Å²) >= 11 is 0. The molecule has 1 aliphatic carbocycles. The molecule has 0 fully saturated rings. The van der Waals surface area contributed by atoms with Crippen LogP contribution in [0.15, 0.2) is 60.4 Å². The molecule has 0 unspecified atom stereocenters. The maximum absolute atomic E-state index is 5.65. The first-order chi connectivity index (χ1) is 6.24. The Morgan fingerprint density at radius 1 is 1.38 bits per heavy atom. The third kappa shape index (κ3) is 2.79. The Bertz CT molecular complexity index is 303. The molecular weight excluding hydrogens is 158 g/mol. The predicted octanol–water partition coefficient (Wildman–Crippen LogP) is 2.85. The minimum atomic E-state index is 0.937. The van der Waals surface area contributed by atoms with Gasteiger partial charge in [-0.1, -0.05) is 37.5 Å². The van der Waals surface area contributed by atoms with Gasteiger partial charge in [0, 0.05) is 5.70 Å². The number of nitrogens with two attached hydrogens (primary N) is 1. The van der Waals surface area contributed by atoms with Crippen molar-refractivity contribution in [2.24, 2.45) is 5.73 Å². The van der Waals surface area contributed by atoms with Gasteiger partial charge in [0.2, 0.25) is 0 Å². The summed E-state index contributed by atoms with van der Waals surface area (Å²) in [7, 11) is 0. The van der Waals surface area contributed by atoms with Gasteiger partial charge >= 0.3 is 0 Å². The van der Waals surface area contributed by atoms with Crippen LogP contribution in [0, 0.1) is 0 Å². The highest BCUT2D eigenvalue weighted by Gasteiger charge is 2.04. The van der Waals surface area contributed by atoms with E-state index in [9.17, 15) is 0 Å². The molecule has 0 amide bonds. The molecule has 0 spiro atoms. The molecule has 0 aromatic carbocycles. The topological polar surface area (TPSA) is 26.0 Å². The number of allylic oxidation sites excluding steroid dienone is 8. The molecule has 0 saturated heterocycles. The van der Waals surface area contributed by atoms with Gasteiger partial charge in [0.1, 0.15) is 0 Å². The molecule has 68 valence electrons. The van der Waals surface area contributed by atoms with Crippen molar-refractivity contribution in [3.63, 3.8) is 0 Å². The lowest BCUT2D eigenvalue weighted by atomic mass is 9.97. The maximum atomic E-state index is 5.65. The zero-order chi connectivity index (χ0) is 9.68. The summed E-state index contributed by atoms with van der Waals surface area (Å²) in [6.45, 7) is 7.58. The molecule has 2 N–H and O–H groups in total. The average Bonchev–Trinajstić information content (AvgIpc) is 2.15. The molecule has 1 aliphatic rings. The average molecular weight is 173 g/mol. The molecular formula is C12H15N. The van der Waals surface area contributed by atoms with Gasteiger partial charge in [-0.05, 0) is 30.1 Å². The van der Waals surface area contributed by atoms with E-state index in [1.165, 1.54) is 5.57 Å². The van der Waals surface area contributed by atoms with Crippen LogP contribution in [0.5, 0.6) is 0 Å². The fourth-order valence-corrected chi connectivity index (χ4v) is 1.21. The van der Waals surface area contributed by atoms with E-state index in [1.807, 2.05) is 24.3 Å². The van der Waals surface area contributed by atoms with Crippen molar-refractivity contribution in [2.75, 3.05) is 0 Å². The summed E-state index contributed by atoms with van der Waals surface area (Å²) in [5.74, 6) is 0. The number of hydrogen-bond donors (Lipinski definition) is 1. The Morgan fingerprint density at radius 2 is 2.15 bits per heavy atom. The maximum Gasteiger partial charge on any atom is 0.00839 e. The molecule has 0 saturated carbocycles. The Labute approximate surface area is 79.6 Å². The zero-order valence-corrected chi connectivity index (χ0v) is 7.79. The second-order valence-electron chi connectivity index (χ2n) is 3.05. The normalized spacial score (nSPS) is 16.6. The molecule has 0 atom stereocenters. The molecule has 1 rings (SSSR count). The largest absolute Gasteiger partial charge is 0.402 e. The van der Waals surface area contributed by atoms with E-state index < -0.39 is 0 Å². The minimum absolute atomic E-state index is 0.937. The SMILES string of the molecule is C=C/C=C\C(=C)C1=CC=C(N)CC1. The van der Waals surface area contributed by atoms with Crippen molar-refractivity contribution in [3.05, 3.63) is 60.4 Å². The molecule has 1 heteroatoms. The van der Waals surface area contributed by atoms with Crippen molar-refractivity contribution in [1.82, 2.24) is 0 Å². The summed E-state index contributed by atoms with van der Waals surface area (Å²) in [5, 5.41) is 0. The molecule has 1 nitrogen and oxygen atoms in total. The molecule has 0 heterocycles. The van der Waals surface area contributed by atoms with Crippen molar-refractivity contribution < 1.29 is 0 Å². The van der Waals surface area contributed by atoms with E-state index in [0.29, 0.717) is 0 Å². The quantitative estimate of drug-likeness (QED) is 0.652. The Kier molecular flexibility index (Phi) is 3.32. The summed E-state index contributed by atoms with van der Waals surface area (Å²) in [5.41, 5.74) is 8.90. The second-order valence-corrected chi connectivity index (χ2v) is 3.05. The first kappa shape index (κ1) is 9.59. The van der Waals surface area contributed by atoms with Gasteiger partial charge in [-0.2, -0.15) is 0 Å². The first-order valence-electron chi connectivity index (χ1n) is 4.37. The van der Waals surface area contributed by atoms with Crippen molar-refractivity contribution in [3.8, 4) is 0 Å². The number of hydrogen-bond acceptors (Lipinski definition) is 1. The molecule has 0 aromatic heterocycles. The van der Waals surface area contributed by atoms with E-state index >= 15 is 0 Å². The van der Waals surface area contributed by atoms with Gasteiger partial charge in [-0.25, -0.2) is 0 Å². The van der Waals surface area contributed by atoms with Crippen LogP contribution in [0.3, 0.4) is 0 Å². The van der Waals surface area contributed by atoms with Crippen LogP contribution in [0.25, 0.3) is 0 Å². The second kappa shape index (κ2) is 4.51. The molecule has 0 aliphatic heterocycles. The fraction of sp³-hybridized carbons (Fsp3) is 0.167. The monoisotopic (exact) mass is 173 g/mol. The summed E-state index contributed by atoms with van der Waals surface area (Å²) in [6.07, 6.45) is 11.5. The van der Waals surface area contributed by atoms with Crippen LogP contribution in [0.4, 0.5) is 0 Å². The third-order valence-electron chi connectivity index (χ3n) is 2.03. The smallest absolute Gasteiger partial charge is 0.00839 e. The predicted molar refractivity (Wildman–Crippen MR) is 58.1 cm³/mol. The van der Waals surface area contributed by atoms with Crippen molar-refractivity contribution in [1.29, 1.82) is 0 Å². The zero-order valence-electron chi connectivity index (χ0n) is 7.79. The van der Waals surface area contributed by atoms with Crippen LogP contribution >= 0.6 is 0 Å². The number of rotatable bonds is 3. The summed E-state index contributed by atoms with van der Waals surface area (Å²) in [6, 6.07) is 0. The third-order valence-corrected chi connectivity index (χ3v) is 2.03. The van der Waals surface area contributed by atoms with Gasteiger partial charge in [0.25, 0.3) is 0 Å². The lowest BCUT2D eigenvalue weighted by Crippen LogP contribution is -2.01. The van der Waals surface area contributed by atoms with Crippen LogP contribution in [0.1, 0.15) is 12.8 Å². The Morgan fingerprint density at radius 3 is 2.69 bits per heavy atom.